The van der Waals surface area contributed by atoms with E-state index in [0.717, 1.165) is 16.0 Å². The smallest absolute Gasteiger partial charge is 0.140 e. The number of nitrogens with zero attached hydrogens (tertiary/aromatic N) is 2. The third kappa shape index (κ3) is 1.82. The molecular weight excluding hydrogens is 256 g/mol. The SMILES string of the molecule is Cn1c(-c2ccccc2)nc(CO)c1Br. The highest BCUT2D eigenvalue weighted by Crippen LogP contribution is 2.24. The maximum atomic E-state index is 9.10. The average Bonchev–Trinajstić information content (AvgIpc) is 2.57. The summed E-state index contributed by atoms with van der Waals surface area (Å²) in [5.41, 5.74) is 1.71. The van der Waals surface area contributed by atoms with Crippen LogP contribution in [0.3, 0.4) is 0 Å². The second-order valence-corrected chi connectivity index (χ2v) is 4.01. The molecule has 2 aromatic rings. The summed E-state index contributed by atoms with van der Waals surface area (Å²) in [6.45, 7) is -0.0543. The summed E-state index contributed by atoms with van der Waals surface area (Å²) in [7, 11) is 1.92. The van der Waals surface area contributed by atoms with Crippen LogP contribution in [-0.2, 0) is 13.7 Å². The molecule has 0 aliphatic heterocycles. The lowest BCUT2D eigenvalue weighted by Crippen LogP contribution is -1.92. The fourth-order valence-electron chi connectivity index (χ4n) is 1.48. The molecule has 2 rings (SSSR count). The molecule has 0 unspecified atom stereocenters. The zero-order chi connectivity index (χ0) is 10.8. The average molecular weight is 267 g/mol. The van der Waals surface area contributed by atoms with E-state index in [4.69, 9.17) is 5.11 Å². The van der Waals surface area contributed by atoms with Gasteiger partial charge in [0.25, 0.3) is 0 Å². The molecule has 1 aromatic carbocycles. The van der Waals surface area contributed by atoms with Gasteiger partial charge in [0.2, 0.25) is 0 Å². The lowest BCUT2D eigenvalue weighted by molar-refractivity contribution is 0.276. The van der Waals surface area contributed by atoms with Crippen LogP contribution in [0.1, 0.15) is 5.69 Å². The number of aromatic nitrogens is 2. The van der Waals surface area contributed by atoms with Crippen molar-refractivity contribution >= 4 is 15.9 Å². The molecule has 0 aliphatic rings. The van der Waals surface area contributed by atoms with Crippen molar-refractivity contribution in [2.45, 2.75) is 6.61 Å². The van der Waals surface area contributed by atoms with Gasteiger partial charge in [-0.15, -0.1) is 0 Å². The van der Waals surface area contributed by atoms with Crippen molar-refractivity contribution in [2.24, 2.45) is 7.05 Å². The van der Waals surface area contributed by atoms with Crippen LogP contribution in [-0.4, -0.2) is 14.7 Å². The lowest BCUT2D eigenvalue weighted by atomic mass is 10.2. The van der Waals surface area contributed by atoms with E-state index in [1.807, 2.05) is 41.9 Å². The van der Waals surface area contributed by atoms with E-state index in [2.05, 4.69) is 20.9 Å². The van der Waals surface area contributed by atoms with Crippen LogP contribution in [0.2, 0.25) is 0 Å². The predicted molar refractivity (Wildman–Crippen MR) is 62.3 cm³/mol. The van der Waals surface area contributed by atoms with Crippen LogP contribution in [0, 0.1) is 0 Å². The van der Waals surface area contributed by atoms with Gasteiger partial charge in [-0.05, 0) is 15.9 Å². The first-order valence-corrected chi connectivity index (χ1v) is 5.40. The summed E-state index contributed by atoms with van der Waals surface area (Å²) in [5.74, 6) is 0.853. The molecule has 0 amide bonds. The van der Waals surface area contributed by atoms with Crippen molar-refractivity contribution < 1.29 is 5.11 Å². The Kier molecular flexibility index (Phi) is 2.88. The Labute approximate surface area is 96.5 Å². The number of halogens is 1. The van der Waals surface area contributed by atoms with Gasteiger partial charge in [-0.25, -0.2) is 4.98 Å². The van der Waals surface area contributed by atoms with E-state index >= 15 is 0 Å². The summed E-state index contributed by atoms with van der Waals surface area (Å²) in [5, 5.41) is 9.10. The Bertz CT molecular complexity index is 465. The Morgan fingerprint density at radius 3 is 2.53 bits per heavy atom. The van der Waals surface area contributed by atoms with Crippen LogP contribution < -0.4 is 0 Å². The van der Waals surface area contributed by atoms with Gasteiger partial charge in [-0.2, -0.15) is 0 Å². The zero-order valence-corrected chi connectivity index (χ0v) is 9.90. The van der Waals surface area contributed by atoms with Gasteiger partial charge in [0.1, 0.15) is 10.4 Å². The summed E-state index contributed by atoms with van der Waals surface area (Å²) in [6, 6.07) is 9.90. The molecule has 78 valence electrons. The predicted octanol–water partition coefficient (Wildman–Crippen LogP) is 2.34. The van der Waals surface area contributed by atoms with Crippen LogP contribution in [0.15, 0.2) is 34.9 Å². The molecule has 4 heteroatoms. The molecule has 1 aromatic heterocycles. The second-order valence-electron chi connectivity index (χ2n) is 3.26. The molecule has 3 nitrogen and oxygen atoms in total. The van der Waals surface area contributed by atoms with Crippen molar-refractivity contribution in [3.05, 3.63) is 40.6 Å². The lowest BCUT2D eigenvalue weighted by Gasteiger charge is -2.01. The van der Waals surface area contributed by atoms with Gasteiger partial charge in [-0.3, -0.25) is 0 Å². The quantitative estimate of drug-likeness (QED) is 0.906. The van der Waals surface area contributed by atoms with E-state index in [-0.39, 0.29) is 6.61 Å². The number of hydrogen-bond acceptors (Lipinski definition) is 2. The Morgan fingerprint density at radius 2 is 2.00 bits per heavy atom. The Hall–Kier alpha value is -1.13. The third-order valence-electron chi connectivity index (χ3n) is 2.27. The van der Waals surface area contributed by atoms with Crippen molar-refractivity contribution in [3.8, 4) is 11.4 Å². The molecule has 0 radical (unpaired) electrons. The van der Waals surface area contributed by atoms with E-state index in [1.165, 1.54) is 0 Å². The molecule has 1 N–H and O–H groups in total. The summed E-state index contributed by atoms with van der Waals surface area (Å²) < 4.78 is 2.74. The van der Waals surface area contributed by atoms with Crippen molar-refractivity contribution in [1.82, 2.24) is 9.55 Å². The minimum Gasteiger partial charge on any atom is -0.390 e. The fraction of sp³-hybridized carbons (Fsp3) is 0.182. The Balaban J connectivity index is 2.55. The van der Waals surface area contributed by atoms with Gasteiger partial charge in [0.15, 0.2) is 0 Å². The normalized spacial score (nSPS) is 10.6. The summed E-state index contributed by atoms with van der Waals surface area (Å²) in [6.07, 6.45) is 0. The van der Waals surface area contributed by atoms with Crippen LogP contribution in [0.25, 0.3) is 11.4 Å². The molecule has 0 saturated heterocycles. The van der Waals surface area contributed by atoms with E-state index in [0.29, 0.717) is 5.69 Å². The number of hydrogen-bond donors (Lipinski definition) is 1. The third-order valence-corrected chi connectivity index (χ3v) is 3.26. The largest absolute Gasteiger partial charge is 0.390 e. The molecule has 0 fully saturated rings. The minimum atomic E-state index is -0.0543. The molecular formula is C11H11BrN2O. The highest BCUT2D eigenvalue weighted by molar-refractivity contribution is 9.10. The number of aliphatic hydroxyl groups is 1. The molecule has 0 saturated carbocycles. The second kappa shape index (κ2) is 4.16. The van der Waals surface area contributed by atoms with E-state index in [1.54, 1.807) is 0 Å². The topological polar surface area (TPSA) is 38.0 Å². The molecule has 0 bridgehead atoms. The van der Waals surface area contributed by atoms with Crippen LogP contribution in [0.4, 0.5) is 0 Å². The maximum absolute atomic E-state index is 9.10. The molecule has 0 aliphatic carbocycles. The zero-order valence-electron chi connectivity index (χ0n) is 8.31. The summed E-state index contributed by atoms with van der Waals surface area (Å²) >= 11 is 3.40. The van der Waals surface area contributed by atoms with Gasteiger partial charge in [0, 0.05) is 12.6 Å². The molecule has 0 spiro atoms. The van der Waals surface area contributed by atoms with Gasteiger partial charge < -0.3 is 9.67 Å². The van der Waals surface area contributed by atoms with Crippen LogP contribution in [0.5, 0.6) is 0 Å². The maximum Gasteiger partial charge on any atom is 0.140 e. The molecule has 1 heterocycles. The first-order chi connectivity index (χ1) is 7.24. The number of imidazole rings is 1. The molecule has 15 heavy (non-hydrogen) atoms. The highest BCUT2D eigenvalue weighted by atomic mass is 79.9. The monoisotopic (exact) mass is 266 g/mol. The van der Waals surface area contributed by atoms with Gasteiger partial charge in [-0.1, -0.05) is 30.3 Å². The number of benzene rings is 1. The van der Waals surface area contributed by atoms with Gasteiger partial charge in [0.05, 0.1) is 12.3 Å². The van der Waals surface area contributed by atoms with Crippen LogP contribution >= 0.6 is 15.9 Å². The number of aliphatic hydroxyl groups excluding tert-OH is 1. The first-order valence-electron chi connectivity index (χ1n) is 4.61. The van der Waals surface area contributed by atoms with Crippen molar-refractivity contribution in [1.29, 1.82) is 0 Å². The highest BCUT2D eigenvalue weighted by Gasteiger charge is 2.12. The van der Waals surface area contributed by atoms with E-state index < -0.39 is 0 Å². The van der Waals surface area contributed by atoms with E-state index in [9.17, 15) is 0 Å². The fourth-order valence-corrected chi connectivity index (χ4v) is 1.86. The Morgan fingerprint density at radius 1 is 1.33 bits per heavy atom. The standard InChI is InChI=1S/C11H11BrN2O/c1-14-10(12)9(7-15)13-11(14)8-5-3-2-4-6-8/h2-6,15H,7H2,1H3. The van der Waals surface area contributed by atoms with Crippen molar-refractivity contribution in [3.63, 3.8) is 0 Å². The summed E-state index contributed by atoms with van der Waals surface area (Å²) in [4.78, 5) is 4.36. The van der Waals surface area contributed by atoms with Gasteiger partial charge >= 0.3 is 0 Å². The minimum absolute atomic E-state index is 0.0543. The number of rotatable bonds is 2. The molecule has 0 atom stereocenters. The van der Waals surface area contributed by atoms with Crippen molar-refractivity contribution in [2.75, 3.05) is 0 Å². The first kappa shape index (κ1) is 10.4.